The number of carboxylic acids is 4. The lowest BCUT2D eigenvalue weighted by atomic mass is 9.87. The van der Waals surface area contributed by atoms with Crippen LogP contribution in [0.15, 0.2) is 24.3 Å². The molecule has 1 aromatic carbocycles. The van der Waals surface area contributed by atoms with Crippen LogP contribution in [0.2, 0.25) is 0 Å². The number of carbonyl (C=O) groups excluding carboxylic acids is 1. The molecule has 0 spiro atoms. The van der Waals surface area contributed by atoms with E-state index in [1.54, 1.807) is 13.2 Å². The number of nitrogens with one attached hydrogen (secondary N) is 1. The number of rotatable bonds is 14. The largest absolute Gasteiger partial charge is 0.493 e. The molecule has 1 amide bonds. The molecule has 3 rings (SSSR count). The quantitative estimate of drug-likeness (QED) is 0.184. The molecule has 0 aromatic heterocycles. The van der Waals surface area contributed by atoms with E-state index in [1.165, 1.54) is 12.8 Å². The number of ether oxygens (including phenoxy) is 2. The van der Waals surface area contributed by atoms with Crippen molar-refractivity contribution in [3.63, 3.8) is 0 Å². The standard InChI is InChI=1S/C24H37N3O3.2C4H6O4/c1-19-4-8-21(9-5-19)25-24(28)11-7-20-6-10-22(23(18-20)29-3)30-17-16-27-14-12-26(2)13-15-27;2*5-3(6)1-2-4(7)8/h6-7,10-11,18-19,21H,4-5,8-9,12-17H2,1-3H3,(H,25,28);2*1-2H2,(H,5,6)(H,7,8)/b11-7+;;. The lowest BCUT2D eigenvalue weighted by molar-refractivity contribution is -0.143. The van der Waals surface area contributed by atoms with Crippen molar-refractivity contribution in [2.45, 2.75) is 64.3 Å². The maximum absolute atomic E-state index is 12.2. The molecule has 2 aliphatic rings. The molecule has 0 bridgehead atoms. The number of benzene rings is 1. The van der Waals surface area contributed by atoms with Crippen LogP contribution in [-0.2, 0) is 24.0 Å². The van der Waals surface area contributed by atoms with Gasteiger partial charge in [0.05, 0.1) is 32.8 Å². The van der Waals surface area contributed by atoms with Gasteiger partial charge in [0.2, 0.25) is 5.91 Å². The molecule has 1 aliphatic heterocycles. The van der Waals surface area contributed by atoms with E-state index in [2.05, 4.69) is 29.1 Å². The first kappa shape index (κ1) is 39.9. The van der Waals surface area contributed by atoms with Crippen molar-refractivity contribution < 1.29 is 53.9 Å². The van der Waals surface area contributed by atoms with Crippen LogP contribution in [0, 0.1) is 5.92 Å². The van der Waals surface area contributed by atoms with E-state index >= 15 is 0 Å². The Kier molecular flexibility index (Phi) is 19.4. The molecule has 0 unspecified atom stereocenters. The van der Waals surface area contributed by atoms with Crippen molar-refractivity contribution in [3.05, 3.63) is 29.8 Å². The minimum atomic E-state index is -1.08. The summed E-state index contributed by atoms with van der Waals surface area (Å²) < 4.78 is 11.5. The Labute approximate surface area is 270 Å². The van der Waals surface area contributed by atoms with Crippen molar-refractivity contribution in [2.75, 3.05) is 53.5 Å². The van der Waals surface area contributed by atoms with Gasteiger partial charge in [-0.1, -0.05) is 13.0 Å². The average molecular weight is 652 g/mol. The predicted octanol–water partition coefficient (Wildman–Crippen LogP) is 2.90. The molecule has 1 aliphatic carbocycles. The summed E-state index contributed by atoms with van der Waals surface area (Å²) >= 11 is 0. The molecule has 2 fully saturated rings. The second kappa shape index (κ2) is 22.4. The van der Waals surface area contributed by atoms with E-state index in [0.717, 1.165) is 62.8 Å². The number of nitrogens with zero attached hydrogens (tertiary/aromatic N) is 2. The molecular weight excluding hydrogens is 602 g/mol. The second-order valence-electron chi connectivity index (χ2n) is 11.3. The Morgan fingerprint density at radius 1 is 0.826 bits per heavy atom. The maximum atomic E-state index is 12.2. The molecule has 1 heterocycles. The van der Waals surface area contributed by atoms with E-state index in [1.807, 2.05) is 24.3 Å². The third kappa shape index (κ3) is 19.3. The smallest absolute Gasteiger partial charge is 0.303 e. The summed E-state index contributed by atoms with van der Waals surface area (Å²) in [5.74, 6) is -2.12. The van der Waals surface area contributed by atoms with Gasteiger partial charge in [-0.3, -0.25) is 28.9 Å². The van der Waals surface area contributed by atoms with Gasteiger partial charge < -0.3 is 40.1 Å². The zero-order valence-electron chi connectivity index (χ0n) is 27.0. The Morgan fingerprint density at radius 2 is 1.35 bits per heavy atom. The molecular formula is C32H49N3O11. The van der Waals surface area contributed by atoms with Gasteiger partial charge in [-0.15, -0.1) is 0 Å². The zero-order valence-corrected chi connectivity index (χ0v) is 27.0. The van der Waals surface area contributed by atoms with Crippen LogP contribution in [-0.4, -0.2) is 120 Å². The highest BCUT2D eigenvalue weighted by atomic mass is 16.5. The summed E-state index contributed by atoms with van der Waals surface area (Å²) in [5.41, 5.74) is 0.922. The molecule has 46 heavy (non-hydrogen) atoms. The van der Waals surface area contributed by atoms with Crippen LogP contribution < -0.4 is 14.8 Å². The van der Waals surface area contributed by atoms with Gasteiger partial charge in [-0.25, -0.2) is 0 Å². The summed E-state index contributed by atoms with van der Waals surface area (Å²) in [6.45, 7) is 8.22. The van der Waals surface area contributed by atoms with Gasteiger partial charge in [0, 0.05) is 44.8 Å². The summed E-state index contributed by atoms with van der Waals surface area (Å²) in [6.07, 6.45) is 6.81. The predicted molar refractivity (Wildman–Crippen MR) is 170 cm³/mol. The van der Waals surface area contributed by atoms with E-state index < -0.39 is 23.9 Å². The molecule has 1 aromatic rings. The lowest BCUT2D eigenvalue weighted by Crippen LogP contribution is -2.45. The molecule has 5 N–H and O–H groups in total. The van der Waals surface area contributed by atoms with Crippen molar-refractivity contribution in [1.82, 2.24) is 15.1 Å². The maximum Gasteiger partial charge on any atom is 0.303 e. The van der Waals surface area contributed by atoms with Crippen molar-refractivity contribution >= 4 is 35.9 Å². The summed E-state index contributed by atoms with van der Waals surface area (Å²) in [5, 5.41) is 34.7. The number of aliphatic carboxylic acids is 4. The van der Waals surface area contributed by atoms with Crippen LogP contribution in [0.1, 0.15) is 63.9 Å². The summed E-state index contributed by atoms with van der Waals surface area (Å²) in [6, 6.07) is 6.10. The van der Waals surface area contributed by atoms with Crippen LogP contribution in [0.25, 0.3) is 6.08 Å². The molecule has 1 saturated carbocycles. The Morgan fingerprint density at radius 3 is 1.83 bits per heavy atom. The Bertz CT molecular complexity index is 1090. The van der Waals surface area contributed by atoms with Gasteiger partial charge in [-0.05, 0) is 62.4 Å². The highest BCUT2D eigenvalue weighted by Gasteiger charge is 2.19. The molecule has 14 heteroatoms. The van der Waals surface area contributed by atoms with Crippen molar-refractivity contribution in [1.29, 1.82) is 0 Å². The SMILES string of the molecule is COc1cc(/C=C/C(=O)NC2CCC(C)CC2)ccc1OCCN1CCN(C)CC1.O=C(O)CCC(=O)O.O=C(O)CCC(=O)O. The van der Waals surface area contributed by atoms with Crippen LogP contribution in [0.4, 0.5) is 0 Å². The first-order valence-corrected chi connectivity index (χ1v) is 15.4. The van der Waals surface area contributed by atoms with Gasteiger partial charge in [0.15, 0.2) is 11.5 Å². The number of methoxy groups -OCH3 is 1. The topological polar surface area (TPSA) is 203 Å². The normalized spacial score (nSPS) is 18.2. The number of carboxylic acid groups (broad SMARTS) is 4. The molecule has 0 atom stereocenters. The van der Waals surface area contributed by atoms with E-state index in [9.17, 15) is 24.0 Å². The van der Waals surface area contributed by atoms with Crippen LogP contribution in [0.3, 0.4) is 0 Å². The second-order valence-corrected chi connectivity index (χ2v) is 11.3. The van der Waals surface area contributed by atoms with Gasteiger partial charge in [0.1, 0.15) is 6.61 Å². The number of carbonyl (C=O) groups is 5. The van der Waals surface area contributed by atoms with E-state index in [-0.39, 0.29) is 31.6 Å². The highest BCUT2D eigenvalue weighted by molar-refractivity contribution is 5.92. The third-order valence-corrected chi connectivity index (χ3v) is 7.34. The van der Waals surface area contributed by atoms with E-state index in [0.29, 0.717) is 18.4 Å². The number of hydrogen-bond donors (Lipinski definition) is 5. The third-order valence-electron chi connectivity index (χ3n) is 7.34. The zero-order chi connectivity index (χ0) is 34.5. The number of likely N-dealkylation sites (N-methyl/N-ethyl adjacent to an activating group) is 1. The van der Waals surface area contributed by atoms with E-state index in [4.69, 9.17) is 29.9 Å². The monoisotopic (exact) mass is 651 g/mol. The van der Waals surface area contributed by atoms with Crippen LogP contribution >= 0.6 is 0 Å². The minimum absolute atomic E-state index is 0.0268. The van der Waals surface area contributed by atoms with Crippen LogP contribution in [0.5, 0.6) is 11.5 Å². The summed E-state index contributed by atoms with van der Waals surface area (Å²) in [4.78, 5) is 55.6. The minimum Gasteiger partial charge on any atom is -0.493 e. The first-order chi connectivity index (χ1) is 21.8. The fourth-order valence-corrected chi connectivity index (χ4v) is 4.52. The first-order valence-electron chi connectivity index (χ1n) is 15.4. The van der Waals surface area contributed by atoms with Crippen molar-refractivity contribution in [2.24, 2.45) is 5.92 Å². The Balaban J connectivity index is 0.000000545. The Hall–Kier alpha value is -4.17. The number of amides is 1. The molecule has 1 saturated heterocycles. The van der Waals surface area contributed by atoms with Gasteiger partial charge in [-0.2, -0.15) is 0 Å². The van der Waals surface area contributed by atoms with Crippen molar-refractivity contribution in [3.8, 4) is 11.5 Å². The molecule has 0 radical (unpaired) electrons. The molecule has 258 valence electrons. The molecule has 14 nitrogen and oxygen atoms in total. The number of hydrogen-bond acceptors (Lipinski definition) is 9. The fourth-order valence-electron chi connectivity index (χ4n) is 4.52. The average Bonchev–Trinajstić information content (AvgIpc) is 3.01. The lowest BCUT2D eigenvalue weighted by Gasteiger charge is -2.32. The fraction of sp³-hybridized carbons (Fsp3) is 0.594. The van der Waals surface area contributed by atoms with Gasteiger partial charge in [0.25, 0.3) is 0 Å². The van der Waals surface area contributed by atoms with Gasteiger partial charge >= 0.3 is 23.9 Å². The summed E-state index contributed by atoms with van der Waals surface area (Å²) in [7, 11) is 3.81. The highest BCUT2D eigenvalue weighted by Crippen LogP contribution is 2.28. The number of piperazine rings is 1.